The first kappa shape index (κ1) is 40.8. The highest BCUT2D eigenvalue weighted by Gasteiger charge is 2.42. The van der Waals surface area contributed by atoms with E-state index in [4.69, 9.17) is 19.7 Å². The van der Waals surface area contributed by atoms with Crippen molar-refractivity contribution in [2.45, 2.75) is 127 Å². The predicted molar refractivity (Wildman–Crippen MR) is 229 cm³/mol. The van der Waals surface area contributed by atoms with Gasteiger partial charge in [0, 0.05) is 52.8 Å². The first-order valence-electron chi connectivity index (χ1n) is 20.3. The van der Waals surface area contributed by atoms with Crippen LogP contribution in [0.4, 0.5) is 0 Å². The molecule has 5 heterocycles. The van der Waals surface area contributed by atoms with Gasteiger partial charge in [-0.2, -0.15) is 0 Å². The molecular formula is C48H60N4O4. The average Bonchev–Trinajstić information content (AvgIpc) is 3.89. The summed E-state index contributed by atoms with van der Waals surface area (Å²) in [6.45, 7) is 23.0. The minimum Gasteiger partial charge on any atom is -0.511 e. The van der Waals surface area contributed by atoms with Crippen LogP contribution < -0.4 is 5.32 Å². The van der Waals surface area contributed by atoms with Crippen molar-refractivity contribution in [3.63, 3.8) is 0 Å². The van der Waals surface area contributed by atoms with Crippen molar-refractivity contribution in [2.75, 3.05) is 6.61 Å². The highest BCUT2D eigenvalue weighted by molar-refractivity contribution is 6.21. The zero-order valence-electron chi connectivity index (χ0n) is 35.3. The lowest BCUT2D eigenvalue weighted by Crippen LogP contribution is -2.16. The summed E-state index contributed by atoms with van der Waals surface area (Å²) < 4.78 is 5.75. The van der Waals surface area contributed by atoms with E-state index in [0.717, 1.165) is 110 Å². The second kappa shape index (κ2) is 16.7. The molecule has 56 heavy (non-hydrogen) atoms. The highest BCUT2D eigenvalue weighted by atomic mass is 16.5. The Labute approximate surface area is 333 Å². The lowest BCUT2D eigenvalue weighted by Gasteiger charge is -2.18. The van der Waals surface area contributed by atoms with E-state index in [1.54, 1.807) is 6.92 Å². The molecule has 0 aromatic heterocycles. The Hall–Kier alpha value is -4.82. The largest absolute Gasteiger partial charge is 0.511 e. The van der Waals surface area contributed by atoms with E-state index in [-0.39, 0.29) is 30.8 Å². The summed E-state index contributed by atoms with van der Waals surface area (Å²) in [6, 6.07) is 0. The van der Waals surface area contributed by atoms with Gasteiger partial charge in [-0.25, -0.2) is 15.0 Å². The molecule has 5 aliphatic heterocycles. The Morgan fingerprint density at radius 1 is 0.839 bits per heavy atom. The van der Waals surface area contributed by atoms with Gasteiger partial charge in [0.25, 0.3) is 0 Å². The van der Waals surface area contributed by atoms with E-state index in [1.165, 1.54) is 16.7 Å². The lowest BCUT2D eigenvalue weighted by atomic mass is 9.85. The average molecular weight is 757 g/mol. The number of carbonyl (C=O) groups is 1. The van der Waals surface area contributed by atoms with Crippen LogP contribution in [-0.2, 0) is 9.53 Å². The third kappa shape index (κ3) is 8.17. The Morgan fingerprint density at radius 2 is 1.54 bits per heavy atom. The monoisotopic (exact) mass is 756 g/mol. The minimum atomic E-state index is -0.720. The van der Waals surface area contributed by atoms with E-state index in [0.29, 0.717) is 24.3 Å². The number of nitrogens with zero attached hydrogens (tertiary/aromatic N) is 3. The van der Waals surface area contributed by atoms with Crippen LogP contribution in [0.15, 0.2) is 141 Å². The molecule has 6 aliphatic rings. The standard InChI is InChI=1S/C48H60N4O4/c1-25(2)14-12-15-26(3)16-13-17-27(4)20-21-56-42(55)19-18-35-30(7)45-33(10)46-32(9)43(34(11)53)40(51-46)24-38-29(6)28(5)37(49-38)23-39-31(8)44-41(54)22-36(47(35)52-45)48(44)50-39/h14,16,20,23-24,30,34-35,52-54H,12-13,15,17-19,21-22H2,1-11H3/b26-16+,27-20+,37-23?,40-24?,45-33?,47-36?/t30-,34?,35-/m0/s1. The number of rotatable bonds is 12. The topological polar surface area (TPSA) is 116 Å². The second-order valence-corrected chi connectivity index (χ2v) is 16.6. The van der Waals surface area contributed by atoms with Crippen LogP contribution >= 0.6 is 0 Å². The first-order valence-corrected chi connectivity index (χ1v) is 20.3. The van der Waals surface area contributed by atoms with Crippen molar-refractivity contribution in [3.8, 4) is 0 Å². The molecule has 1 saturated heterocycles. The van der Waals surface area contributed by atoms with Gasteiger partial charge < -0.3 is 20.3 Å². The van der Waals surface area contributed by atoms with Crippen molar-refractivity contribution in [1.82, 2.24) is 5.32 Å². The van der Waals surface area contributed by atoms with Crippen molar-refractivity contribution in [3.05, 3.63) is 126 Å². The number of hydrogen-bond acceptors (Lipinski definition) is 8. The molecule has 8 nitrogen and oxygen atoms in total. The van der Waals surface area contributed by atoms with Crippen LogP contribution in [0.1, 0.15) is 121 Å². The molecule has 1 fully saturated rings. The molecule has 296 valence electrons. The van der Waals surface area contributed by atoms with Crippen molar-refractivity contribution in [2.24, 2.45) is 26.8 Å². The van der Waals surface area contributed by atoms with Gasteiger partial charge >= 0.3 is 5.97 Å². The maximum Gasteiger partial charge on any atom is 0.306 e. The Morgan fingerprint density at radius 3 is 2.23 bits per heavy atom. The number of fused-ring (bicyclic) bond motifs is 5. The van der Waals surface area contributed by atoms with E-state index in [9.17, 15) is 15.0 Å². The summed E-state index contributed by atoms with van der Waals surface area (Å²) in [7, 11) is 0. The molecular weight excluding hydrogens is 697 g/mol. The summed E-state index contributed by atoms with van der Waals surface area (Å²) in [5, 5.41) is 26.2. The van der Waals surface area contributed by atoms with E-state index in [1.807, 2.05) is 32.1 Å². The SMILES string of the molecule is CC(C)=CCC/C(C)=C/CC/C(C)=C/COC(=O)CC[C@@H]1C2=C3CC(O)=C4C3=NC(=C4C)C=C3N=C(C=C4N=C(C(C)=C4C(C)O)C(C)=C(N2)[C@H]1C)C(C)=C3C. The number of allylic oxidation sites excluding steroid dienone is 16. The maximum absolute atomic E-state index is 13.2. The van der Waals surface area contributed by atoms with Gasteiger partial charge in [-0.15, -0.1) is 0 Å². The van der Waals surface area contributed by atoms with Gasteiger partial charge in [0.05, 0.1) is 40.3 Å². The second-order valence-electron chi connectivity index (χ2n) is 16.6. The molecule has 6 rings (SSSR count). The van der Waals surface area contributed by atoms with Crippen LogP contribution in [0.2, 0.25) is 0 Å². The van der Waals surface area contributed by atoms with Gasteiger partial charge in [-0.3, -0.25) is 4.79 Å². The molecule has 0 aromatic carbocycles. The van der Waals surface area contributed by atoms with Crippen LogP contribution in [0.3, 0.4) is 0 Å². The highest BCUT2D eigenvalue weighted by Crippen LogP contribution is 2.47. The van der Waals surface area contributed by atoms with Gasteiger partial charge in [0.1, 0.15) is 12.4 Å². The number of esters is 1. The maximum atomic E-state index is 13.2. The fourth-order valence-corrected chi connectivity index (χ4v) is 8.67. The third-order valence-electron chi connectivity index (χ3n) is 12.2. The van der Waals surface area contributed by atoms with Gasteiger partial charge in [0.15, 0.2) is 0 Å². The number of aliphatic hydroxyl groups is 2. The van der Waals surface area contributed by atoms with E-state index in [2.05, 4.69) is 72.9 Å². The molecule has 0 saturated carbocycles. The number of nitrogens with one attached hydrogen (secondary N) is 1. The molecule has 3 atom stereocenters. The lowest BCUT2D eigenvalue weighted by molar-refractivity contribution is -0.142. The van der Waals surface area contributed by atoms with Gasteiger partial charge in [-0.05, 0) is 147 Å². The van der Waals surface area contributed by atoms with Gasteiger partial charge in [0.2, 0.25) is 0 Å². The quantitative estimate of drug-likeness (QED) is 0.135. The smallest absolute Gasteiger partial charge is 0.306 e. The molecule has 0 amide bonds. The molecule has 0 radical (unpaired) electrons. The third-order valence-corrected chi connectivity index (χ3v) is 12.2. The van der Waals surface area contributed by atoms with Crippen LogP contribution in [0.5, 0.6) is 0 Å². The number of ether oxygens (including phenoxy) is 1. The summed E-state index contributed by atoms with van der Waals surface area (Å²) in [6.07, 6.45) is 15.2. The van der Waals surface area contributed by atoms with Crippen molar-refractivity contribution < 1.29 is 19.7 Å². The van der Waals surface area contributed by atoms with Crippen LogP contribution in [0, 0.1) is 11.8 Å². The van der Waals surface area contributed by atoms with Crippen molar-refractivity contribution >= 4 is 23.1 Å². The normalized spacial score (nSPS) is 22.9. The molecule has 8 heteroatoms. The molecule has 0 spiro atoms. The fraction of sp³-hybridized carbons (Fsp3) is 0.458. The Balaban J connectivity index is 1.28. The zero-order valence-corrected chi connectivity index (χ0v) is 35.3. The first-order chi connectivity index (χ1) is 26.6. The fourth-order valence-electron chi connectivity index (χ4n) is 8.67. The van der Waals surface area contributed by atoms with Crippen LogP contribution in [0.25, 0.3) is 0 Å². The summed E-state index contributed by atoms with van der Waals surface area (Å²) in [5.41, 5.74) is 18.2. The number of aliphatic hydroxyl groups excluding tert-OH is 2. The summed E-state index contributed by atoms with van der Waals surface area (Å²) in [4.78, 5) is 28.6. The molecule has 8 bridgehead atoms. The molecule has 3 N–H and O–H groups in total. The number of aliphatic imine (C=N–C) groups is 3. The summed E-state index contributed by atoms with van der Waals surface area (Å²) in [5.74, 6) is 0.0452. The Bertz CT molecular complexity index is 2190. The molecule has 0 aromatic rings. The van der Waals surface area contributed by atoms with Crippen molar-refractivity contribution in [1.29, 1.82) is 0 Å². The number of hydrogen-bond donors (Lipinski definition) is 3. The number of carbonyl (C=O) groups excluding carboxylic acids is 1. The molecule has 1 aliphatic carbocycles. The van der Waals surface area contributed by atoms with Gasteiger partial charge in [-0.1, -0.05) is 35.8 Å². The predicted octanol–water partition coefficient (Wildman–Crippen LogP) is 10.8. The van der Waals surface area contributed by atoms with E-state index >= 15 is 0 Å². The van der Waals surface area contributed by atoms with E-state index < -0.39 is 6.10 Å². The summed E-state index contributed by atoms with van der Waals surface area (Å²) >= 11 is 0. The van der Waals surface area contributed by atoms with Crippen LogP contribution in [-0.4, -0.2) is 46.0 Å². The minimum absolute atomic E-state index is 0.0113. The zero-order chi connectivity index (χ0) is 40.6. The molecule has 1 unspecified atom stereocenters. The Kier molecular flexibility index (Phi) is 12.2.